The molecule has 1 amide bonds. The van der Waals surface area contributed by atoms with Crippen molar-refractivity contribution < 1.29 is 9.18 Å². The van der Waals surface area contributed by atoms with Crippen LogP contribution in [0.2, 0.25) is 0 Å². The van der Waals surface area contributed by atoms with E-state index in [1.807, 2.05) is 20.8 Å². The predicted molar refractivity (Wildman–Crippen MR) is 111 cm³/mol. The van der Waals surface area contributed by atoms with Crippen LogP contribution in [0.15, 0.2) is 55.0 Å². The number of carbonyl (C=O) groups is 1. The smallest absolute Gasteiger partial charge is 0.251 e. The molecule has 0 saturated heterocycles. The van der Waals surface area contributed by atoms with Crippen molar-refractivity contribution in [3.8, 4) is 0 Å². The summed E-state index contributed by atoms with van der Waals surface area (Å²) >= 11 is 0. The lowest BCUT2D eigenvalue weighted by Crippen LogP contribution is -2.30. The van der Waals surface area contributed by atoms with Crippen LogP contribution in [0, 0.1) is 5.82 Å². The second-order valence-corrected chi connectivity index (χ2v) is 6.89. The predicted octanol–water partition coefficient (Wildman–Crippen LogP) is 4.07. The largest absolute Gasteiger partial charge is 0.363 e. The third-order valence-electron chi connectivity index (χ3n) is 4.06. The zero-order valence-corrected chi connectivity index (χ0v) is 16.5. The van der Waals surface area contributed by atoms with Crippen LogP contribution < -0.4 is 16.0 Å². The first-order valence-electron chi connectivity index (χ1n) is 9.28. The van der Waals surface area contributed by atoms with Crippen LogP contribution >= 0.6 is 0 Å². The third kappa shape index (κ3) is 5.71. The fourth-order valence-corrected chi connectivity index (χ4v) is 2.70. The Morgan fingerprint density at radius 2 is 1.72 bits per heavy atom. The van der Waals surface area contributed by atoms with E-state index in [0.717, 1.165) is 5.56 Å². The van der Waals surface area contributed by atoms with Crippen molar-refractivity contribution in [1.29, 1.82) is 0 Å². The molecule has 3 aromatic rings. The van der Waals surface area contributed by atoms with Crippen LogP contribution in [0.1, 0.15) is 42.7 Å². The van der Waals surface area contributed by atoms with Gasteiger partial charge in [0.15, 0.2) is 0 Å². The zero-order valence-electron chi connectivity index (χ0n) is 16.5. The quantitative estimate of drug-likeness (QED) is 0.560. The molecular weight excluding hydrogens is 371 g/mol. The molecule has 0 spiro atoms. The van der Waals surface area contributed by atoms with E-state index in [1.165, 1.54) is 12.1 Å². The number of nitrogens with one attached hydrogen (secondary N) is 3. The summed E-state index contributed by atoms with van der Waals surface area (Å²) < 4.78 is 13.2. The van der Waals surface area contributed by atoms with Crippen molar-refractivity contribution in [1.82, 2.24) is 20.3 Å². The number of aromatic nitrogens is 3. The number of hydrogen-bond acceptors (Lipinski definition) is 6. The monoisotopic (exact) mass is 394 g/mol. The van der Waals surface area contributed by atoms with Crippen LogP contribution in [0.5, 0.6) is 0 Å². The summed E-state index contributed by atoms with van der Waals surface area (Å²) in [5.41, 5.74) is 1.35. The first kappa shape index (κ1) is 20.2. The van der Waals surface area contributed by atoms with Gasteiger partial charge in [-0.1, -0.05) is 12.1 Å². The summed E-state index contributed by atoms with van der Waals surface area (Å²) in [7, 11) is 0. The highest BCUT2D eigenvalue weighted by atomic mass is 19.1. The Hall–Kier alpha value is -3.55. The third-order valence-corrected chi connectivity index (χ3v) is 4.06. The summed E-state index contributed by atoms with van der Waals surface area (Å²) in [5.74, 6) is 0.975. The molecule has 0 aliphatic rings. The Kier molecular flexibility index (Phi) is 6.33. The molecule has 150 valence electrons. The number of halogens is 1. The molecule has 2 aromatic heterocycles. The van der Waals surface area contributed by atoms with Crippen LogP contribution in [-0.4, -0.2) is 26.9 Å². The van der Waals surface area contributed by atoms with Gasteiger partial charge in [0, 0.05) is 30.0 Å². The number of carbonyl (C=O) groups excluding carboxylic acids is 1. The molecule has 3 rings (SSSR count). The van der Waals surface area contributed by atoms with Crippen molar-refractivity contribution in [3.05, 3.63) is 71.9 Å². The lowest BCUT2D eigenvalue weighted by atomic mass is 10.1. The first-order valence-corrected chi connectivity index (χ1v) is 9.28. The molecule has 0 aliphatic carbocycles. The minimum Gasteiger partial charge on any atom is -0.363 e. The van der Waals surface area contributed by atoms with Crippen molar-refractivity contribution >= 4 is 23.4 Å². The molecule has 2 heterocycles. The molecule has 8 heteroatoms. The highest BCUT2D eigenvalue weighted by Gasteiger charge is 2.14. The van der Waals surface area contributed by atoms with Gasteiger partial charge in [0.1, 0.15) is 23.3 Å². The average molecular weight is 394 g/mol. The number of rotatable bonds is 7. The van der Waals surface area contributed by atoms with Gasteiger partial charge in [-0.2, -0.15) is 0 Å². The maximum Gasteiger partial charge on any atom is 0.251 e. The number of amides is 1. The zero-order chi connectivity index (χ0) is 20.8. The van der Waals surface area contributed by atoms with E-state index in [4.69, 9.17) is 0 Å². The van der Waals surface area contributed by atoms with Crippen LogP contribution in [0.25, 0.3) is 0 Å². The summed E-state index contributed by atoms with van der Waals surface area (Å²) in [6.45, 7) is 5.73. The molecule has 0 aliphatic heterocycles. The maximum atomic E-state index is 13.2. The summed E-state index contributed by atoms with van der Waals surface area (Å²) in [5, 5.41) is 9.20. The van der Waals surface area contributed by atoms with Crippen molar-refractivity contribution in [2.45, 2.75) is 32.9 Å². The van der Waals surface area contributed by atoms with Crippen molar-refractivity contribution in [3.63, 3.8) is 0 Å². The average Bonchev–Trinajstić information content (AvgIpc) is 2.68. The van der Waals surface area contributed by atoms with Crippen LogP contribution in [0.3, 0.4) is 0 Å². The van der Waals surface area contributed by atoms with Gasteiger partial charge in [0.05, 0.1) is 6.20 Å². The minimum absolute atomic E-state index is 0.00149. The van der Waals surface area contributed by atoms with E-state index in [9.17, 15) is 9.18 Å². The van der Waals surface area contributed by atoms with Crippen molar-refractivity contribution in [2.75, 3.05) is 10.6 Å². The van der Waals surface area contributed by atoms with Gasteiger partial charge >= 0.3 is 0 Å². The minimum atomic E-state index is -0.290. The van der Waals surface area contributed by atoms with Gasteiger partial charge in [0.2, 0.25) is 0 Å². The van der Waals surface area contributed by atoms with E-state index in [1.54, 1.807) is 42.9 Å². The summed E-state index contributed by atoms with van der Waals surface area (Å²) in [4.78, 5) is 25.3. The highest BCUT2D eigenvalue weighted by Crippen LogP contribution is 2.22. The number of benzene rings is 1. The van der Waals surface area contributed by atoms with Crippen LogP contribution in [0.4, 0.5) is 21.8 Å². The summed E-state index contributed by atoms with van der Waals surface area (Å²) in [6.07, 6.45) is 4.70. The van der Waals surface area contributed by atoms with E-state index >= 15 is 0 Å². The van der Waals surface area contributed by atoms with E-state index in [-0.39, 0.29) is 23.8 Å². The van der Waals surface area contributed by atoms with Gasteiger partial charge in [-0.25, -0.2) is 14.4 Å². The molecular formula is C21H23FN6O. The van der Waals surface area contributed by atoms with Crippen molar-refractivity contribution in [2.24, 2.45) is 0 Å². The molecule has 1 aromatic carbocycles. The number of hydrogen-bond donors (Lipinski definition) is 3. The number of pyridine rings is 1. The first-order chi connectivity index (χ1) is 13.9. The second kappa shape index (κ2) is 9.09. The molecule has 29 heavy (non-hydrogen) atoms. The number of anilines is 3. The Morgan fingerprint density at radius 1 is 1.00 bits per heavy atom. The highest BCUT2D eigenvalue weighted by molar-refractivity contribution is 5.96. The molecule has 0 fully saturated rings. The topological polar surface area (TPSA) is 91.8 Å². The maximum absolute atomic E-state index is 13.2. The van der Waals surface area contributed by atoms with Crippen LogP contribution in [-0.2, 0) is 0 Å². The second-order valence-electron chi connectivity index (χ2n) is 6.89. The van der Waals surface area contributed by atoms with Gasteiger partial charge in [-0.3, -0.25) is 9.78 Å². The van der Waals surface area contributed by atoms with Gasteiger partial charge < -0.3 is 16.0 Å². The van der Waals surface area contributed by atoms with Gasteiger partial charge in [-0.05, 0) is 50.6 Å². The fourth-order valence-electron chi connectivity index (χ4n) is 2.70. The fraction of sp³-hybridized carbons (Fsp3) is 0.238. The van der Waals surface area contributed by atoms with Gasteiger partial charge in [-0.15, -0.1) is 0 Å². The Morgan fingerprint density at radius 3 is 2.38 bits per heavy atom. The Balaban J connectivity index is 1.88. The van der Waals surface area contributed by atoms with E-state index < -0.39 is 0 Å². The SMILES string of the molecule is CC(C)NC(=O)c1cc(Nc2cnccn2)nc(NC(C)c2ccc(F)cc2)c1. The molecule has 7 nitrogen and oxygen atoms in total. The number of nitrogens with zero attached hydrogens (tertiary/aromatic N) is 3. The Bertz CT molecular complexity index is 963. The lowest BCUT2D eigenvalue weighted by molar-refractivity contribution is 0.0943. The molecule has 0 bridgehead atoms. The lowest BCUT2D eigenvalue weighted by Gasteiger charge is -2.17. The standard InChI is InChI=1S/C21H23FN6O/c1-13(2)25-21(29)16-10-18(26-14(3)15-4-6-17(22)7-5-15)27-19(11-16)28-20-12-23-8-9-24-20/h4-14H,1-3H3,(H,25,29)(H2,24,26,27,28). The molecule has 0 radical (unpaired) electrons. The molecule has 1 unspecified atom stereocenters. The summed E-state index contributed by atoms with van der Waals surface area (Å²) in [6, 6.07) is 9.43. The molecule has 1 atom stereocenters. The Labute approximate surface area is 168 Å². The normalized spacial score (nSPS) is 11.8. The van der Waals surface area contributed by atoms with Gasteiger partial charge in [0.25, 0.3) is 5.91 Å². The van der Waals surface area contributed by atoms with E-state index in [2.05, 4.69) is 30.9 Å². The molecule has 3 N–H and O–H groups in total. The van der Waals surface area contributed by atoms with E-state index in [0.29, 0.717) is 23.0 Å². The molecule has 0 saturated carbocycles.